The van der Waals surface area contributed by atoms with Gasteiger partial charge in [-0.1, -0.05) is 29.8 Å². The third-order valence-electron chi connectivity index (χ3n) is 4.49. The molecule has 0 fully saturated rings. The van der Waals surface area contributed by atoms with Crippen molar-refractivity contribution in [2.45, 2.75) is 0 Å². The first-order chi connectivity index (χ1) is 14.2. The van der Waals surface area contributed by atoms with Crippen LogP contribution in [0.5, 0.6) is 0 Å². The number of benzene rings is 2. The molecule has 4 rings (SSSR count). The number of ketones is 1. The second-order valence-electron chi connectivity index (χ2n) is 6.70. The third kappa shape index (κ3) is 3.92. The van der Waals surface area contributed by atoms with E-state index in [0.29, 0.717) is 16.1 Å². The summed E-state index contributed by atoms with van der Waals surface area (Å²) in [6.07, 6.45) is 4.03. The van der Waals surface area contributed by atoms with Gasteiger partial charge in [-0.15, -0.1) is 0 Å². The van der Waals surface area contributed by atoms with Gasteiger partial charge in [-0.25, -0.2) is 17.8 Å². The van der Waals surface area contributed by atoms with Crippen molar-refractivity contribution in [2.75, 3.05) is 11.0 Å². The van der Waals surface area contributed by atoms with Gasteiger partial charge in [-0.05, 0) is 35.9 Å². The number of fused-ring (bicyclic) bond motifs is 1. The molecule has 2 heterocycles. The number of anilines is 1. The number of carbonyl (C=O) groups is 1. The fourth-order valence-corrected chi connectivity index (χ4v) is 3.81. The van der Waals surface area contributed by atoms with Gasteiger partial charge in [0.1, 0.15) is 5.65 Å². The second kappa shape index (κ2) is 7.55. The standard InChI is InChI=1S/C21H15ClFN3O3S/c1-30(28,29)26-18-4-2-3-15(19(18)23)20(27)17-11-25-21-16(17)9-13(10-24-21)12-5-7-14(22)8-6-12/h2-11,26H,1H3,(H,24,25). The fraction of sp³-hybridized carbons (Fsp3) is 0.0476. The summed E-state index contributed by atoms with van der Waals surface area (Å²) >= 11 is 5.94. The van der Waals surface area contributed by atoms with E-state index in [4.69, 9.17) is 11.6 Å². The van der Waals surface area contributed by atoms with Crippen molar-refractivity contribution in [1.29, 1.82) is 0 Å². The highest BCUT2D eigenvalue weighted by molar-refractivity contribution is 7.92. The summed E-state index contributed by atoms with van der Waals surface area (Å²) in [4.78, 5) is 20.3. The molecule has 0 aliphatic carbocycles. The van der Waals surface area contributed by atoms with E-state index in [9.17, 15) is 17.6 Å². The maximum Gasteiger partial charge on any atom is 0.229 e. The maximum absolute atomic E-state index is 14.8. The number of sulfonamides is 1. The van der Waals surface area contributed by atoms with Crippen molar-refractivity contribution in [3.05, 3.63) is 82.9 Å². The van der Waals surface area contributed by atoms with Crippen LogP contribution >= 0.6 is 11.6 Å². The van der Waals surface area contributed by atoms with Gasteiger partial charge in [0.2, 0.25) is 10.0 Å². The number of aromatic amines is 1. The van der Waals surface area contributed by atoms with E-state index >= 15 is 0 Å². The Labute approximate surface area is 176 Å². The number of nitrogens with one attached hydrogen (secondary N) is 2. The summed E-state index contributed by atoms with van der Waals surface area (Å²) < 4.78 is 39.8. The van der Waals surface area contributed by atoms with E-state index in [2.05, 4.69) is 14.7 Å². The summed E-state index contributed by atoms with van der Waals surface area (Å²) in [7, 11) is -3.70. The molecule has 0 aliphatic heterocycles. The molecule has 2 aromatic carbocycles. The number of carbonyl (C=O) groups excluding carboxylic acids is 1. The molecule has 0 saturated carbocycles. The average molecular weight is 444 g/mol. The highest BCUT2D eigenvalue weighted by Crippen LogP contribution is 2.28. The average Bonchev–Trinajstić information content (AvgIpc) is 3.12. The number of hydrogen-bond donors (Lipinski definition) is 2. The van der Waals surface area contributed by atoms with Crippen LogP contribution in [-0.4, -0.2) is 30.4 Å². The lowest BCUT2D eigenvalue weighted by molar-refractivity contribution is 0.103. The Morgan fingerprint density at radius 3 is 2.53 bits per heavy atom. The normalized spacial score (nSPS) is 11.6. The topological polar surface area (TPSA) is 91.9 Å². The molecule has 0 aliphatic rings. The van der Waals surface area contributed by atoms with Gasteiger partial charge in [0.25, 0.3) is 0 Å². The van der Waals surface area contributed by atoms with Gasteiger partial charge < -0.3 is 4.98 Å². The third-order valence-corrected chi connectivity index (χ3v) is 5.33. The van der Waals surface area contributed by atoms with Crippen molar-refractivity contribution in [1.82, 2.24) is 9.97 Å². The van der Waals surface area contributed by atoms with Crippen LogP contribution in [0.4, 0.5) is 10.1 Å². The summed E-state index contributed by atoms with van der Waals surface area (Å²) in [5, 5.41) is 1.12. The van der Waals surface area contributed by atoms with Gasteiger partial charge >= 0.3 is 0 Å². The molecule has 0 spiro atoms. The lowest BCUT2D eigenvalue weighted by atomic mass is 10.0. The molecule has 0 radical (unpaired) electrons. The molecule has 4 aromatic rings. The Bertz CT molecular complexity index is 1380. The zero-order valence-corrected chi connectivity index (χ0v) is 17.2. The minimum atomic E-state index is -3.70. The number of rotatable bonds is 5. The molecule has 30 heavy (non-hydrogen) atoms. The molecule has 152 valence electrons. The lowest BCUT2D eigenvalue weighted by Gasteiger charge is -2.09. The lowest BCUT2D eigenvalue weighted by Crippen LogP contribution is -2.13. The van der Waals surface area contributed by atoms with E-state index in [1.165, 1.54) is 24.4 Å². The fourth-order valence-electron chi connectivity index (χ4n) is 3.12. The summed E-state index contributed by atoms with van der Waals surface area (Å²) in [6, 6.07) is 12.9. The Morgan fingerprint density at radius 1 is 1.10 bits per heavy atom. The monoisotopic (exact) mass is 443 g/mol. The smallest absolute Gasteiger partial charge is 0.229 e. The van der Waals surface area contributed by atoms with Crippen LogP contribution in [0.1, 0.15) is 15.9 Å². The summed E-state index contributed by atoms with van der Waals surface area (Å²) in [5.74, 6) is -1.53. The Balaban J connectivity index is 1.78. The largest absolute Gasteiger partial charge is 0.345 e. The molecular weight excluding hydrogens is 429 g/mol. The zero-order valence-electron chi connectivity index (χ0n) is 15.6. The maximum atomic E-state index is 14.8. The van der Waals surface area contributed by atoms with E-state index in [1.807, 2.05) is 12.1 Å². The highest BCUT2D eigenvalue weighted by Gasteiger charge is 2.21. The Hall–Kier alpha value is -3.23. The van der Waals surface area contributed by atoms with Crippen LogP contribution in [0.15, 0.2) is 60.9 Å². The van der Waals surface area contributed by atoms with E-state index in [-0.39, 0.29) is 16.8 Å². The van der Waals surface area contributed by atoms with E-state index < -0.39 is 21.6 Å². The van der Waals surface area contributed by atoms with Crippen molar-refractivity contribution in [2.24, 2.45) is 0 Å². The predicted molar refractivity (Wildman–Crippen MR) is 115 cm³/mol. The van der Waals surface area contributed by atoms with Gasteiger partial charge in [0.15, 0.2) is 11.6 Å². The van der Waals surface area contributed by atoms with Crippen LogP contribution in [0.25, 0.3) is 22.2 Å². The molecule has 2 N–H and O–H groups in total. The highest BCUT2D eigenvalue weighted by atomic mass is 35.5. The SMILES string of the molecule is CS(=O)(=O)Nc1cccc(C(=O)c2c[nH]c3ncc(-c4ccc(Cl)cc4)cc23)c1F. The number of nitrogens with zero attached hydrogens (tertiary/aromatic N) is 1. The van der Waals surface area contributed by atoms with E-state index in [1.54, 1.807) is 24.4 Å². The number of H-pyrrole nitrogens is 1. The van der Waals surface area contributed by atoms with Gasteiger partial charge in [0, 0.05) is 33.9 Å². The Kier molecular flexibility index (Phi) is 5.05. The first-order valence-corrected chi connectivity index (χ1v) is 11.0. The predicted octanol–water partition coefficient (Wildman–Crippen LogP) is 4.62. The molecule has 0 bridgehead atoms. The van der Waals surface area contributed by atoms with Gasteiger partial charge in [-0.2, -0.15) is 0 Å². The minimum Gasteiger partial charge on any atom is -0.345 e. The molecular formula is C21H15ClFN3O3S. The molecule has 0 atom stereocenters. The minimum absolute atomic E-state index is 0.226. The molecule has 6 nitrogen and oxygen atoms in total. The number of halogens is 2. The molecule has 9 heteroatoms. The second-order valence-corrected chi connectivity index (χ2v) is 8.88. The quantitative estimate of drug-likeness (QED) is 0.440. The summed E-state index contributed by atoms with van der Waals surface area (Å²) in [6.45, 7) is 0. The first kappa shape index (κ1) is 20.1. The zero-order chi connectivity index (χ0) is 21.5. The van der Waals surface area contributed by atoms with Crippen LogP contribution in [0.3, 0.4) is 0 Å². The van der Waals surface area contributed by atoms with Gasteiger partial charge in [0.05, 0.1) is 17.5 Å². The molecule has 0 saturated heterocycles. The van der Waals surface area contributed by atoms with Crippen LogP contribution in [0, 0.1) is 5.82 Å². The number of aromatic nitrogens is 2. The van der Waals surface area contributed by atoms with Crippen molar-refractivity contribution in [3.8, 4) is 11.1 Å². The molecule has 2 aromatic heterocycles. The van der Waals surface area contributed by atoms with Crippen LogP contribution < -0.4 is 4.72 Å². The van der Waals surface area contributed by atoms with E-state index in [0.717, 1.165) is 17.4 Å². The van der Waals surface area contributed by atoms with Crippen molar-refractivity contribution >= 4 is 44.1 Å². The molecule has 0 unspecified atom stereocenters. The summed E-state index contributed by atoms with van der Waals surface area (Å²) in [5.41, 5.74) is 1.79. The number of pyridine rings is 1. The first-order valence-electron chi connectivity index (χ1n) is 8.77. The number of hydrogen-bond acceptors (Lipinski definition) is 4. The van der Waals surface area contributed by atoms with Crippen LogP contribution in [0.2, 0.25) is 5.02 Å². The molecule has 0 amide bonds. The van der Waals surface area contributed by atoms with Crippen molar-refractivity contribution in [3.63, 3.8) is 0 Å². The Morgan fingerprint density at radius 2 is 1.83 bits per heavy atom. The van der Waals surface area contributed by atoms with Gasteiger partial charge in [-0.3, -0.25) is 9.52 Å². The van der Waals surface area contributed by atoms with Crippen LogP contribution in [-0.2, 0) is 10.0 Å². The van der Waals surface area contributed by atoms with Crippen molar-refractivity contribution < 1.29 is 17.6 Å².